The van der Waals surface area contributed by atoms with E-state index in [2.05, 4.69) is 10.6 Å². The second-order valence-electron chi connectivity index (χ2n) is 8.01. The summed E-state index contributed by atoms with van der Waals surface area (Å²) in [5.74, 6) is -0.612. The van der Waals surface area contributed by atoms with E-state index in [1.807, 2.05) is 24.3 Å². The standard InChI is InChI=1S/C20H25N3O4/c1-13(24)12-19(2,3)21-16(25)9-11-23-17(26)20(22-18(23)27)10-8-14-6-4-5-7-15(14)20/h4-7H,8-12H2,1-3H3,(H,21,25)(H,22,27)/t20-/m0/s1. The molecule has 0 aromatic heterocycles. The van der Waals surface area contributed by atoms with Gasteiger partial charge in [0.05, 0.1) is 0 Å². The second-order valence-corrected chi connectivity index (χ2v) is 8.01. The van der Waals surface area contributed by atoms with Crippen LogP contribution >= 0.6 is 0 Å². The average Bonchev–Trinajstić information content (AvgIpc) is 3.04. The Bertz CT molecular complexity index is 817. The largest absolute Gasteiger partial charge is 0.351 e. The van der Waals surface area contributed by atoms with Crippen molar-refractivity contribution in [2.24, 2.45) is 0 Å². The second kappa shape index (κ2) is 6.79. The molecule has 0 unspecified atom stereocenters. The first-order valence-electron chi connectivity index (χ1n) is 9.18. The third kappa shape index (κ3) is 3.59. The van der Waals surface area contributed by atoms with E-state index >= 15 is 0 Å². The predicted octanol–water partition coefficient (Wildman–Crippen LogP) is 1.64. The number of ketones is 1. The zero-order valence-electron chi connectivity index (χ0n) is 15.9. The maximum atomic E-state index is 13.0. The summed E-state index contributed by atoms with van der Waals surface area (Å²) in [5, 5.41) is 5.63. The number of rotatable bonds is 6. The molecule has 1 atom stereocenters. The van der Waals surface area contributed by atoms with E-state index < -0.39 is 17.1 Å². The Morgan fingerprint density at radius 2 is 1.96 bits per heavy atom. The molecule has 1 aromatic rings. The number of imide groups is 1. The van der Waals surface area contributed by atoms with E-state index in [-0.39, 0.29) is 37.0 Å². The minimum Gasteiger partial charge on any atom is -0.351 e. The molecule has 2 N–H and O–H groups in total. The number of aryl methyl sites for hydroxylation is 1. The van der Waals surface area contributed by atoms with E-state index in [1.54, 1.807) is 13.8 Å². The SMILES string of the molecule is CC(=O)CC(C)(C)NC(=O)CCN1C(=O)N[C@]2(CCc3ccccc32)C1=O. The Kier molecular flexibility index (Phi) is 4.80. The number of carbonyl (C=O) groups excluding carboxylic acids is 4. The molecule has 1 saturated heterocycles. The van der Waals surface area contributed by atoms with E-state index in [9.17, 15) is 19.2 Å². The zero-order valence-corrected chi connectivity index (χ0v) is 15.9. The first-order valence-corrected chi connectivity index (χ1v) is 9.18. The van der Waals surface area contributed by atoms with Crippen molar-refractivity contribution in [1.82, 2.24) is 15.5 Å². The summed E-state index contributed by atoms with van der Waals surface area (Å²) in [6, 6.07) is 7.16. The molecule has 1 aliphatic carbocycles. The van der Waals surface area contributed by atoms with Crippen molar-refractivity contribution < 1.29 is 19.2 Å². The van der Waals surface area contributed by atoms with Crippen LogP contribution in [0.15, 0.2) is 24.3 Å². The summed E-state index contributed by atoms with van der Waals surface area (Å²) >= 11 is 0. The number of Topliss-reactive ketones (excluding diaryl/α,β-unsaturated/α-hetero) is 1. The molecule has 0 bridgehead atoms. The van der Waals surface area contributed by atoms with Gasteiger partial charge in [0, 0.05) is 24.9 Å². The molecule has 27 heavy (non-hydrogen) atoms. The minimum absolute atomic E-state index is 0.00176. The van der Waals surface area contributed by atoms with Crippen molar-refractivity contribution in [3.63, 3.8) is 0 Å². The van der Waals surface area contributed by atoms with Crippen molar-refractivity contribution in [3.05, 3.63) is 35.4 Å². The van der Waals surface area contributed by atoms with Gasteiger partial charge in [-0.25, -0.2) is 4.79 Å². The number of urea groups is 1. The summed E-state index contributed by atoms with van der Waals surface area (Å²) in [5.41, 5.74) is 0.249. The van der Waals surface area contributed by atoms with Crippen LogP contribution in [0.25, 0.3) is 0 Å². The maximum absolute atomic E-state index is 13.0. The van der Waals surface area contributed by atoms with Crippen LogP contribution in [0.4, 0.5) is 4.79 Å². The van der Waals surface area contributed by atoms with Gasteiger partial charge in [0.25, 0.3) is 5.91 Å². The van der Waals surface area contributed by atoms with Crippen LogP contribution in [0.2, 0.25) is 0 Å². The summed E-state index contributed by atoms with van der Waals surface area (Å²) in [6.07, 6.45) is 1.49. The Labute approximate surface area is 158 Å². The quantitative estimate of drug-likeness (QED) is 0.743. The fraction of sp³-hybridized carbons (Fsp3) is 0.500. The van der Waals surface area contributed by atoms with Crippen LogP contribution in [0.5, 0.6) is 0 Å². The molecule has 3 rings (SSSR count). The molecule has 144 valence electrons. The Morgan fingerprint density at radius 3 is 2.67 bits per heavy atom. The highest BCUT2D eigenvalue weighted by Gasteiger charge is 2.55. The van der Waals surface area contributed by atoms with Gasteiger partial charge in [0.2, 0.25) is 5.91 Å². The topological polar surface area (TPSA) is 95.6 Å². The molecule has 0 saturated carbocycles. The van der Waals surface area contributed by atoms with Gasteiger partial charge in [-0.05, 0) is 44.7 Å². The summed E-state index contributed by atoms with van der Waals surface area (Å²) in [4.78, 5) is 50.1. The molecule has 1 heterocycles. The highest BCUT2D eigenvalue weighted by Crippen LogP contribution is 2.41. The molecule has 4 amide bonds. The fourth-order valence-electron chi connectivity index (χ4n) is 4.11. The molecular weight excluding hydrogens is 346 g/mol. The van der Waals surface area contributed by atoms with Crippen LogP contribution in [0.3, 0.4) is 0 Å². The third-order valence-corrected chi connectivity index (χ3v) is 5.15. The number of nitrogens with one attached hydrogen (secondary N) is 2. The monoisotopic (exact) mass is 371 g/mol. The fourth-order valence-corrected chi connectivity index (χ4v) is 4.11. The molecule has 1 fully saturated rings. The van der Waals surface area contributed by atoms with Gasteiger partial charge in [0.15, 0.2) is 0 Å². The molecule has 1 spiro atoms. The van der Waals surface area contributed by atoms with Gasteiger partial charge in [-0.3, -0.25) is 19.3 Å². The lowest BCUT2D eigenvalue weighted by molar-refractivity contribution is -0.132. The molecule has 7 nitrogen and oxygen atoms in total. The summed E-state index contributed by atoms with van der Waals surface area (Å²) < 4.78 is 0. The predicted molar refractivity (Wildman–Crippen MR) is 98.8 cm³/mol. The number of hydrogen-bond acceptors (Lipinski definition) is 4. The van der Waals surface area contributed by atoms with Crippen molar-refractivity contribution in [1.29, 1.82) is 0 Å². The number of hydrogen-bond donors (Lipinski definition) is 2. The van der Waals surface area contributed by atoms with Gasteiger partial charge in [-0.15, -0.1) is 0 Å². The van der Waals surface area contributed by atoms with E-state index in [1.165, 1.54) is 6.92 Å². The normalized spacial score (nSPS) is 21.4. The molecule has 2 aliphatic rings. The van der Waals surface area contributed by atoms with Crippen molar-refractivity contribution in [2.45, 2.75) is 57.5 Å². The lowest BCUT2D eigenvalue weighted by Gasteiger charge is -2.25. The Morgan fingerprint density at radius 1 is 1.26 bits per heavy atom. The number of amides is 4. The first-order chi connectivity index (χ1) is 12.6. The van der Waals surface area contributed by atoms with Crippen LogP contribution in [-0.2, 0) is 26.3 Å². The first kappa shape index (κ1) is 19.1. The lowest BCUT2D eigenvalue weighted by Crippen LogP contribution is -2.46. The molecular formula is C20H25N3O4. The van der Waals surface area contributed by atoms with E-state index in [4.69, 9.17) is 0 Å². The maximum Gasteiger partial charge on any atom is 0.325 e. The molecule has 1 aromatic carbocycles. The summed E-state index contributed by atoms with van der Waals surface area (Å²) in [6.45, 7) is 5.02. The molecule has 7 heteroatoms. The molecule has 0 radical (unpaired) electrons. The third-order valence-electron chi connectivity index (χ3n) is 5.15. The minimum atomic E-state index is -1.00. The summed E-state index contributed by atoms with van der Waals surface area (Å²) in [7, 11) is 0. The Hall–Kier alpha value is -2.70. The zero-order chi connectivity index (χ0) is 19.8. The van der Waals surface area contributed by atoms with Crippen LogP contribution in [0, 0.1) is 0 Å². The van der Waals surface area contributed by atoms with Crippen molar-refractivity contribution in [2.75, 3.05) is 6.54 Å². The number of benzene rings is 1. The van der Waals surface area contributed by atoms with E-state index in [0.29, 0.717) is 6.42 Å². The van der Waals surface area contributed by atoms with E-state index in [0.717, 1.165) is 22.4 Å². The highest BCUT2D eigenvalue weighted by atomic mass is 16.2. The van der Waals surface area contributed by atoms with Crippen LogP contribution < -0.4 is 10.6 Å². The average molecular weight is 371 g/mol. The van der Waals surface area contributed by atoms with Gasteiger partial charge in [-0.2, -0.15) is 0 Å². The number of nitrogens with zero attached hydrogens (tertiary/aromatic N) is 1. The van der Waals surface area contributed by atoms with Crippen LogP contribution in [0.1, 0.15) is 51.2 Å². The smallest absolute Gasteiger partial charge is 0.325 e. The Balaban J connectivity index is 1.66. The highest BCUT2D eigenvalue weighted by molar-refractivity contribution is 6.08. The van der Waals surface area contributed by atoms with Crippen molar-refractivity contribution in [3.8, 4) is 0 Å². The van der Waals surface area contributed by atoms with Crippen molar-refractivity contribution >= 4 is 23.6 Å². The van der Waals surface area contributed by atoms with Crippen LogP contribution in [-0.4, -0.2) is 40.6 Å². The lowest BCUT2D eigenvalue weighted by atomic mass is 9.92. The van der Waals surface area contributed by atoms with Gasteiger partial charge in [0.1, 0.15) is 11.3 Å². The number of fused-ring (bicyclic) bond motifs is 2. The van der Waals surface area contributed by atoms with Gasteiger partial charge >= 0.3 is 6.03 Å². The molecule has 1 aliphatic heterocycles. The number of carbonyl (C=O) groups is 4. The van der Waals surface area contributed by atoms with Gasteiger partial charge in [-0.1, -0.05) is 24.3 Å². The van der Waals surface area contributed by atoms with Gasteiger partial charge < -0.3 is 10.6 Å².